The summed E-state index contributed by atoms with van der Waals surface area (Å²) in [4.78, 5) is 29.5. The van der Waals surface area contributed by atoms with Crippen molar-refractivity contribution in [2.75, 3.05) is 38.5 Å². The highest BCUT2D eigenvalue weighted by atomic mass is 32.2. The first-order valence-electron chi connectivity index (χ1n) is 9.42. The molecular weight excluding hydrogens is 358 g/mol. The molecule has 144 valence electrons. The standard InChI is InChI=1S/C21H27N3O2S/c1-16(2)22-20(25)14-23-9-11-24(12-10-23)21(26)15-27-19-8-7-17-5-3-4-6-18(17)13-19/h3-8,13,16H,9-12,14-15H2,1-2H3,(H,22,25). The Kier molecular flexibility index (Phi) is 6.74. The minimum atomic E-state index is 0.0524. The van der Waals surface area contributed by atoms with E-state index in [1.807, 2.05) is 30.9 Å². The monoisotopic (exact) mass is 385 g/mol. The Morgan fingerprint density at radius 1 is 1.04 bits per heavy atom. The fraction of sp³-hybridized carbons (Fsp3) is 0.429. The second-order valence-corrected chi connectivity index (χ2v) is 8.23. The van der Waals surface area contributed by atoms with Crippen LogP contribution in [-0.2, 0) is 9.59 Å². The minimum absolute atomic E-state index is 0.0524. The molecule has 0 atom stereocenters. The van der Waals surface area contributed by atoms with E-state index in [9.17, 15) is 9.59 Å². The van der Waals surface area contributed by atoms with Crippen LogP contribution in [0.15, 0.2) is 47.4 Å². The number of hydrogen-bond donors (Lipinski definition) is 1. The van der Waals surface area contributed by atoms with Crippen molar-refractivity contribution >= 4 is 34.3 Å². The van der Waals surface area contributed by atoms with E-state index in [0.717, 1.165) is 18.0 Å². The molecule has 2 aromatic carbocycles. The summed E-state index contributed by atoms with van der Waals surface area (Å²) in [5, 5.41) is 5.32. The average molecular weight is 386 g/mol. The van der Waals surface area contributed by atoms with Gasteiger partial charge in [0.2, 0.25) is 11.8 Å². The van der Waals surface area contributed by atoms with E-state index in [-0.39, 0.29) is 17.9 Å². The van der Waals surface area contributed by atoms with Crippen LogP contribution in [0, 0.1) is 0 Å². The number of carbonyl (C=O) groups excluding carboxylic acids is 2. The normalized spacial score (nSPS) is 15.3. The third-order valence-electron chi connectivity index (χ3n) is 4.63. The van der Waals surface area contributed by atoms with Crippen LogP contribution >= 0.6 is 11.8 Å². The van der Waals surface area contributed by atoms with Crippen molar-refractivity contribution in [2.24, 2.45) is 0 Å². The molecule has 0 aliphatic carbocycles. The predicted octanol–water partition coefficient (Wildman–Crippen LogP) is 2.60. The summed E-state index contributed by atoms with van der Waals surface area (Å²) in [6.07, 6.45) is 0. The van der Waals surface area contributed by atoms with E-state index >= 15 is 0 Å². The van der Waals surface area contributed by atoms with Crippen LogP contribution in [0.2, 0.25) is 0 Å². The maximum absolute atomic E-state index is 12.5. The summed E-state index contributed by atoms with van der Waals surface area (Å²) in [6.45, 7) is 7.20. The van der Waals surface area contributed by atoms with Gasteiger partial charge < -0.3 is 10.2 Å². The number of fused-ring (bicyclic) bond motifs is 1. The van der Waals surface area contributed by atoms with Gasteiger partial charge in [-0.2, -0.15) is 0 Å². The highest BCUT2D eigenvalue weighted by molar-refractivity contribution is 8.00. The molecule has 27 heavy (non-hydrogen) atoms. The molecule has 1 aliphatic heterocycles. The molecule has 0 bridgehead atoms. The highest BCUT2D eigenvalue weighted by Crippen LogP contribution is 2.24. The Morgan fingerprint density at radius 3 is 2.44 bits per heavy atom. The Hall–Kier alpha value is -2.05. The number of rotatable bonds is 6. The first-order chi connectivity index (χ1) is 13.0. The van der Waals surface area contributed by atoms with Crippen molar-refractivity contribution < 1.29 is 9.59 Å². The second kappa shape index (κ2) is 9.24. The van der Waals surface area contributed by atoms with E-state index in [1.165, 1.54) is 10.8 Å². The molecule has 1 N–H and O–H groups in total. The third kappa shape index (κ3) is 5.71. The van der Waals surface area contributed by atoms with Gasteiger partial charge >= 0.3 is 0 Å². The number of benzene rings is 2. The van der Waals surface area contributed by atoms with Crippen molar-refractivity contribution in [1.82, 2.24) is 15.1 Å². The maximum Gasteiger partial charge on any atom is 0.234 e. The summed E-state index contributed by atoms with van der Waals surface area (Å²) in [6, 6.07) is 14.7. The van der Waals surface area contributed by atoms with Gasteiger partial charge in [0.1, 0.15) is 0 Å². The minimum Gasteiger partial charge on any atom is -0.353 e. The second-order valence-electron chi connectivity index (χ2n) is 7.18. The molecule has 1 aliphatic rings. The number of nitrogens with zero attached hydrogens (tertiary/aromatic N) is 2. The molecule has 2 amide bonds. The maximum atomic E-state index is 12.5. The Labute approximate surface area is 165 Å². The molecule has 6 heteroatoms. The van der Waals surface area contributed by atoms with Crippen LogP contribution in [0.25, 0.3) is 10.8 Å². The van der Waals surface area contributed by atoms with E-state index in [0.29, 0.717) is 25.4 Å². The van der Waals surface area contributed by atoms with E-state index in [4.69, 9.17) is 0 Å². The Bertz CT molecular complexity index is 801. The topological polar surface area (TPSA) is 52.7 Å². The highest BCUT2D eigenvalue weighted by Gasteiger charge is 2.22. The average Bonchev–Trinajstić information content (AvgIpc) is 2.66. The van der Waals surface area contributed by atoms with Gasteiger partial charge in [0.25, 0.3) is 0 Å². The van der Waals surface area contributed by atoms with Crippen LogP contribution < -0.4 is 5.32 Å². The first kappa shape index (κ1) is 19.7. The van der Waals surface area contributed by atoms with Crippen LogP contribution in [0.4, 0.5) is 0 Å². The molecule has 0 spiro atoms. The van der Waals surface area contributed by atoms with Gasteiger partial charge in [-0.1, -0.05) is 30.3 Å². The van der Waals surface area contributed by atoms with Crippen LogP contribution in [0.5, 0.6) is 0 Å². The van der Waals surface area contributed by atoms with E-state index in [1.54, 1.807) is 11.8 Å². The van der Waals surface area contributed by atoms with Gasteiger partial charge in [0.15, 0.2) is 0 Å². The first-order valence-corrected chi connectivity index (χ1v) is 10.4. The molecule has 0 saturated carbocycles. The predicted molar refractivity (Wildman–Crippen MR) is 111 cm³/mol. The zero-order chi connectivity index (χ0) is 19.2. The van der Waals surface area contributed by atoms with Gasteiger partial charge in [-0.15, -0.1) is 11.8 Å². The van der Waals surface area contributed by atoms with Crippen molar-refractivity contribution in [1.29, 1.82) is 0 Å². The molecule has 2 aromatic rings. The number of piperazine rings is 1. The summed E-state index contributed by atoms with van der Waals surface area (Å²) >= 11 is 1.59. The van der Waals surface area contributed by atoms with Crippen molar-refractivity contribution in [3.8, 4) is 0 Å². The Balaban J connectivity index is 1.44. The van der Waals surface area contributed by atoms with Crippen LogP contribution in [0.1, 0.15) is 13.8 Å². The molecule has 1 heterocycles. The summed E-state index contributed by atoms with van der Waals surface area (Å²) in [7, 11) is 0. The zero-order valence-electron chi connectivity index (χ0n) is 16.0. The van der Waals surface area contributed by atoms with Gasteiger partial charge in [0, 0.05) is 37.1 Å². The quantitative estimate of drug-likeness (QED) is 0.777. The van der Waals surface area contributed by atoms with Crippen LogP contribution in [0.3, 0.4) is 0 Å². The molecule has 0 radical (unpaired) electrons. The lowest BCUT2D eigenvalue weighted by Crippen LogP contribution is -2.51. The molecule has 3 rings (SSSR count). The van der Waals surface area contributed by atoms with Gasteiger partial charge in [0.05, 0.1) is 12.3 Å². The lowest BCUT2D eigenvalue weighted by Gasteiger charge is -2.34. The van der Waals surface area contributed by atoms with Gasteiger partial charge in [-0.05, 0) is 36.8 Å². The van der Waals surface area contributed by atoms with Crippen molar-refractivity contribution in [2.45, 2.75) is 24.8 Å². The van der Waals surface area contributed by atoms with Crippen LogP contribution in [-0.4, -0.2) is 66.1 Å². The fourth-order valence-electron chi connectivity index (χ4n) is 3.22. The number of thioether (sulfide) groups is 1. The van der Waals surface area contributed by atoms with E-state index < -0.39 is 0 Å². The van der Waals surface area contributed by atoms with Crippen molar-refractivity contribution in [3.63, 3.8) is 0 Å². The summed E-state index contributed by atoms with van der Waals surface area (Å²) in [5.74, 6) is 0.669. The van der Waals surface area contributed by atoms with Gasteiger partial charge in [-0.3, -0.25) is 14.5 Å². The number of nitrogens with one attached hydrogen (secondary N) is 1. The number of hydrogen-bond acceptors (Lipinski definition) is 4. The smallest absolute Gasteiger partial charge is 0.234 e. The summed E-state index contributed by atoms with van der Waals surface area (Å²) < 4.78 is 0. The molecule has 5 nitrogen and oxygen atoms in total. The van der Waals surface area contributed by atoms with Gasteiger partial charge in [-0.25, -0.2) is 0 Å². The van der Waals surface area contributed by atoms with Crippen molar-refractivity contribution in [3.05, 3.63) is 42.5 Å². The largest absolute Gasteiger partial charge is 0.353 e. The zero-order valence-corrected chi connectivity index (χ0v) is 16.8. The molecule has 1 saturated heterocycles. The molecule has 0 unspecified atom stereocenters. The molecular formula is C21H27N3O2S. The number of amides is 2. The third-order valence-corrected chi connectivity index (χ3v) is 5.60. The lowest BCUT2D eigenvalue weighted by atomic mass is 10.1. The number of carbonyl (C=O) groups is 2. The fourth-order valence-corrected chi connectivity index (χ4v) is 4.07. The molecule has 1 fully saturated rings. The Morgan fingerprint density at radius 2 is 1.74 bits per heavy atom. The van der Waals surface area contributed by atoms with E-state index in [2.05, 4.69) is 40.5 Å². The SMILES string of the molecule is CC(C)NC(=O)CN1CCN(C(=O)CSc2ccc3ccccc3c2)CC1. The lowest BCUT2D eigenvalue weighted by molar-refractivity contribution is -0.130. The summed E-state index contributed by atoms with van der Waals surface area (Å²) in [5.41, 5.74) is 0. The molecule has 0 aromatic heterocycles.